The normalized spacial score (nSPS) is 16.1. The van der Waals surface area contributed by atoms with Crippen LogP contribution in [0.5, 0.6) is 0 Å². The van der Waals surface area contributed by atoms with Crippen LogP contribution in [0.1, 0.15) is 18.4 Å². The maximum atomic E-state index is 12.1. The molecule has 1 aromatic rings. The van der Waals surface area contributed by atoms with Crippen LogP contribution in [0, 0.1) is 11.8 Å². The monoisotopic (exact) mass is 266 g/mol. The lowest BCUT2D eigenvalue weighted by Crippen LogP contribution is -2.28. The molecule has 18 heavy (non-hydrogen) atoms. The Labute approximate surface area is 111 Å². The van der Waals surface area contributed by atoms with Crippen molar-refractivity contribution in [2.75, 3.05) is 7.11 Å². The average molecular weight is 267 g/mol. The largest absolute Gasteiger partial charge is 0.468 e. The summed E-state index contributed by atoms with van der Waals surface area (Å²) < 4.78 is 4.72. The summed E-state index contributed by atoms with van der Waals surface area (Å²) in [6.45, 7) is 0. The van der Waals surface area contributed by atoms with E-state index in [0.29, 0.717) is 11.4 Å². The van der Waals surface area contributed by atoms with Gasteiger partial charge in [0.05, 0.1) is 7.11 Å². The summed E-state index contributed by atoms with van der Waals surface area (Å²) in [4.78, 5) is 23.8. The minimum Gasteiger partial charge on any atom is -0.468 e. The van der Waals surface area contributed by atoms with Gasteiger partial charge in [-0.2, -0.15) is 0 Å². The highest BCUT2D eigenvalue weighted by atomic mass is 35.5. The molecule has 4 heteroatoms. The van der Waals surface area contributed by atoms with E-state index in [1.807, 2.05) is 12.1 Å². The molecule has 1 unspecified atom stereocenters. The number of Topliss-reactive ketones (excluding diaryl/α,β-unsaturated/α-hetero) is 1. The van der Waals surface area contributed by atoms with E-state index in [1.54, 1.807) is 12.1 Å². The summed E-state index contributed by atoms with van der Waals surface area (Å²) >= 11 is 5.90. The number of hydrogen-bond acceptors (Lipinski definition) is 3. The molecule has 2 rings (SSSR count). The van der Waals surface area contributed by atoms with Crippen LogP contribution < -0.4 is 0 Å². The molecule has 1 saturated carbocycles. The molecule has 0 amide bonds. The predicted molar refractivity (Wildman–Crippen MR) is 68.4 cm³/mol. The number of ketones is 1. The molecule has 3 nitrogen and oxygen atoms in total. The maximum absolute atomic E-state index is 12.1. The minimum atomic E-state index is -0.694. The first-order valence-corrected chi connectivity index (χ1v) is 6.35. The highest BCUT2D eigenvalue weighted by Crippen LogP contribution is 2.33. The number of hydrogen-bond donors (Lipinski definition) is 0. The van der Waals surface area contributed by atoms with E-state index < -0.39 is 11.9 Å². The van der Waals surface area contributed by atoms with Gasteiger partial charge in [0.2, 0.25) is 0 Å². The molecule has 96 valence electrons. The highest BCUT2D eigenvalue weighted by molar-refractivity contribution is 6.30. The van der Waals surface area contributed by atoms with Crippen molar-refractivity contribution in [1.82, 2.24) is 0 Å². The number of ether oxygens (including phenoxy) is 1. The van der Waals surface area contributed by atoms with Crippen molar-refractivity contribution in [3.05, 3.63) is 34.9 Å². The SMILES string of the molecule is COC(=O)C(Cc1cccc(Cl)c1)C(=O)C1CC1. The molecule has 0 radical (unpaired) electrons. The van der Waals surface area contributed by atoms with Gasteiger partial charge in [0.15, 0.2) is 5.78 Å². The topological polar surface area (TPSA) is 43.4 Å². The van der Waals surface area contributed by atoms with Crippen molar-refractivity contribution in [2.24, 2.45) is 11.8 Å². The van der Waals surface area contributed by atoms with Gasteiger partial charge < -0.3 is 4.74 Å². The first-order valence-electron chi connectivity index (χ1n) is 5.98. The lowest BCUT2D eigenvalue weighted by molar-refractivity contribution is -0.149. The van der Waals surface area contributed by atoms with Crippen LogP contribution in [0.25, 0.3) is 0 Å². The Hall–Kier alpha value is -1.35. The molecule has 0 N–H and O–H groups in total. The molecule has 0 aromatic heterocycles. The molecule has 1 fully saturated rings. The lowest BCUT2D eigenvalue weighted by atomic mass is 9.93. The fourth-order valence-electron chi connectivity index (χ4n) is 1.99. The van der Waals surface area contributed by atoms with E-state index in [2.05, 4.69) is 0 Å². The first kappa shape index (κ1) is 13.1. The lowest BCUT2D eigenvalue weighted by Gasteiger charge is -2.13. The smallest absolute Gasteiger partial charge is 0.316 e. The maximum Gasteiger partial charge on any atom is 0.316 e. The molecule has 1 atom stereocenters. The standard InChI is InChI=1S/C14H15ClO3/c1-18-14(17)12(13(16)10-5-6-10)8-9-3-2-4-11(15)7-9/h2-4,7,10,12H,5-6,8H2,1H3. The molecule has 0 saturated heterocycles. The fraction of sp³-hybridized carbons (Fsp3) is 0.429. The number of carbonyl (C=O) groups excluding carboxylic acids is 2. The van der Waals surface area contributed by atoms with Crippen LogP contribution in [0.2, 0.25) is 5.02 Å². The minimum absolute atomic E-state index is 0.00169. The van der Waals surface area contributed by atoms with Gasteiger partial charge in [-0.3, -0.25) is 9.59 Å². The number of rotatable bonds is 5. The first-order chi connectivity index (χ1) is 8.61. The molecule has 1 aromatic carbocycles. The quantitative estimate of drug-likeness (QED) is 0.608. The zero-order valence-electron chi connectivity index (χ0n) is 10.2. The van der Waals surface area contributed by atoms with E-state index in [4.69, 9.17) is 16.3 Å². The number of carbonyl (C=O) groups is 2. The van der Waals surface area contributed by atoms with Crippen LogP contribution in [-0.4, -0.2) is 18.9 Å². The Morgan fingerprint density at radius 3 is 2.72 bits per heavy atom. The predicted octanol–water partition coefficient (Wildman–Crippen LogP) is 2.65. The van der Waals surface area contributed by atoms with Crippen molar-refractivity contribution in [2.45, 2.75) is 19.3 Å². The average Bonchev–Trinajstić information content (AvgIpc) is 3.18. The number of esters is 1. The van der Waals surface area contributed by atoms with E-state index in [0.717, 1.165) is 18.4 Å². The van der Waals surface area contributed by atoms with Crippen molar-refractivity contribution in [1.29, 1.82) is 0 Å². The zero-order valence-corrected chi connectivity index (χ0v) is 10.9. The van der Waals surface area contributed by atoms with Gasteiger partial charge in [0, 0.05) is 10.9 Å². The highest BCUT2D eigenvalue weighted by Gasteiger charge is 2.38. The van der Waals surface area contributed by atoms with Gasteiger partial charge in [0.25, 0.3) is 0 Å². The van der Waals surface area contributed by atoms with Gasteiger partial charge in [-0.15, -0.1) is 0 Å². The summed E-state index contributed by atoms with van der Waals surface area (Å²) in [5.74, 6) is -1.09. The van der Waals surface area contributed by atoms with Crippen molar-refractivity contribution >= 4 is 23.4 Å². The number of halogens is 1. The van der Waals surface area contributed by atoms with Crippen molar-refractivity contribution in [3.8, 4) is 0 Å². The van der Waals surface area contributed by atoms with E-state index in [1.165, 1.54) is 7.11 Å². The molecule has 0 aliphatic heterocycles. The van der Waals surface area contributed by atoms with Gasteiger partial charge in [-0.25, -0.2) is 0 Å². The Kier molecular flexibility index (Phi) is 4.02. The molecule has 1 aliphatic rings. The van der Waals surface area contributed by atoms with E-state index in [9.17, 15) is 9.59 Å². The van der Waals surface area contributed by atoms with E-state index in [-0.39, 0.29) is 11.7 Å². The van der Waals surface area contributed by atoms with Crippen LogP contribution in [0.4, 0.5) is 0 Å². The molecule has 0 heterocycles. The Bertz CT molecular complexity index is 466. The van der Waals surface area contributed by atoms with E-state index >= 15 is 0 Å². The second-order valence-electron chi connectivity index (χ2n) is 4.59. The second kappa shape index (κ2) is 5.53. The summed E-state index contributed by atoms with van der Waals surface area (Å²) in [7, 11) is 1.31. The summed E-state index contributed by atoms with van der Waals surface area (Å²) in [6, 6.07) is 7.22. The summed E-state index contributed by atoms with van der Waals surface area (Å²) in [5.41, 5.74) is 0.881. The van der Waals surface area contributed by atoms with Crippen LogP contribution in [0.15, 0.2) is 24.3 Å². The third-order valence-electron chi connectivity index (χ3n) is 3.14. The van der Waals surface area contributed by atoms with Crippen LogP contribution >= 0.6 is 11.6 Å². The van der Waals surface area contributed by atoms with Crippen LogP contribution in [-0.2, 0) is 20.7 Å². The summed E-state index contributed by atoms with van der Waals surface area (Å²) in [6.07, 6.45) is 2.15. The van der Waals surface area contributed by atoms with Crippen molar-refractivity contribution in [3.63, 3.8) is 0 Å². The molecular formula is C14H15ClO3. The van der Waals surface area contributed by atoms with Gasteiger partial charge >= 0.3 is 5.97 Å². The Morgan fingerprint density at radius 1 is 1.44 bits per heavy atom. The third kappa shape index (κ3) is 3.10. The third-order valence-corrected chi connectivity index (χ3v) is 3.37. The van der Waals surface area contributed by atoms with Crippen molar-refractivity contribution < 1.29 is 14.3 Å². The number of benzene rings is 1. The van der Waals surface area contributed by atoms with Gasteiger partial charge in [-0.1, -0.05) is 23.7 Å². The molecular weight excluding hydrogens is 252 g/mol. The second-order valence-corrected chi connectivity index (χ2v) is 5.02. The van der Waals surface area contributed by atoms with Gasteiger partial charge in [-0.05, 0) is 37.0 Å². The Balaban J connectivity index is 2.14. The number of methoxy groups -OCH3 is 1. The molecule has 0 spiro atoms. The zero-order chi connectivity index (χ0) is 13.1. The fourth-order valence-corrected chi connectivity index (χ4v) is 2.21. The van der Waals surface area contributed by atoms with Crippen LogP contribution in [0.3, 0.4) is 0 Å². The van der Waals surface area contributed by atoms with Gasteiger partial charge in [0.1, 0.15) is 5.92 Å². The molecule has 0 bridgehead atoms. The Morgan fingerprint density at radius 2 is 2.17 bits per heavy atom. The molecule has 1 aliphatic carbocycles. The summed E-state index contributed by atoms with van der Waals surface area (Å²) in [5, 5.41) is 0.606.